The van der Waals surface area contributed by atoms with Crippen molar-refractivity contribution < 1.29 is 18.4 Å². The fraction of sp³-hybridized carbons (Fsp3) is 0.143. The lowest BCUT2D eigenvalue weighted by Gasteiger charge is -2.00. The maximum absolute atomic E-state index is 13.0. The highest BCUT2D eigenvalue weighted by Crippen LogP contribution is 2.25. The Balaban J connectivity index is 1.32. The van der Waals surface area contributed by atoms with Crippen LogP contribution >= 0.6 is 11.3 Å². The van der Waals surface area contributed by atoms with E-state index in [9.17, 15) is 9.18 Å². The first-order valence-electron chi connectivity index (χ1n) is 9.09. The Morgan fingerprint density at radius 1 is 1.10 bits per heavy atom. The number of anilines is 1. The van der Waals surface area contributed by atoms with Gasteiger partial charge in [-0.3, -0.25) is 4.79 Å². The molecule has 0 spiro atoms. The zero-order chi connectivity index (χ0) is 20.9. The van der Waals surface area contributed by atoms with Gasteiger partial charge in [0, 0.05) is 29.3 Å². The van der Waals surface area contributed by atoms with Crippen LogP contribution in [0.4, 0.5) is 9.52 Å². The first-order valence-corrected chi connectivity index (χ1v) is 9.97. The summed E-state index contributed by atoms with van der Waals surface area (Å²) in [5.74, 6) is 1.06. The summed E-state index contributed by atoms with van der Waals surface area (Å²) in [6, 6.07) is 13.3. The average Bonchev–Trinajstić information content (AvgIpc) is 3.43. The maximum atomic E-state index is 13.0. The van der Waals surface area contributed by atoms with E-state index in [-0.39, 0.29) is 18.1 Å². The van der Waals surface area contributed by atoms with Gasteiger partial charge in [-0.2, -0.15) is 4.98 Å². The number of aryl methyl sites for hydroxylation is 1. The Morgan fingerprint density at radius 2 is 1.83 bits per heavy atom. The van der Waals surface area contributed by atoms with E-state index in [1.807, 2.05) is 29.6 Å². The number of nitrogens with zero attached hydrogens (tertiary/aromatic N) is 3. The van der Waals surface area contributed by atoms with Gasteiger partial charge in [-0.1, -0.05) is 5.16 Å². The van der Waals surface area contributed by atoms with Gasteiger partial charge in [0.05, 0.1) is 12.8 Å². The van der Waals surface area contributed by atoms with Gasteiger partial charge >= 0.3 is 0 Å². The fourth-order valence-electron chi connectivity index (χ4n) is 2.70. The van der Waals surface area contributed by atoms with Crippen LogP contribution in [-0.4, -0.2) is 28.1 Å². The van der Waals surface area contributed by atoms with Crippen molar-refractivity contribution in [2.45, 2.75) is 12.8 Å². The first-order chi connectivity index (χ1) is 14.6. The Morgan fingerprint density at radius 3 is 2.57 bits per heavy atom. The van der Waals surface area contributed by atoms with Gasteiger partial charge < -0.3 is 14.6 Å². The molecule has 152 valence electrons. The molecule has 2 heterocycles. The van der Waals surface area contributed by atoms with Gasteiger partial charge in [-0.15, -0.1) is 11.3 Å². The zero-order valence-electron chi connectivity index (χ0n) is 16.0. The van der Waals surface area contributed by atoms with Crippen LogP contribution in [0.15, 0.2) is 58.4 Å². The van der Waals surface area contributed by atoms with Crippen LogP contribution in [0, 0.1) is 5.82 Å². The van der Waals surface area contributed by atoms with Gasteiger partial charge in [0.15, 0.2) is 5.13 Å². The molecule has 0 aliphatic carbocycles. The van der Waals surface area contributed by atoms with Gasteiger partial charge in [-0.05, 0) is 48.5 Å². The van der Waals surface area contributed by atoms with E-state index in [1.54, 1.807) is 19.2 Å². The zero-order valence-corrected chi connectivity index (χ0v) is 16.8. The number of thiazole rings is 1. The normalized spacial score (nSPS) is 10.7. The van der Waals surface area contributed by atoms with Crippen LogP contribution in [0.3, 0.4) is 0 Å². The van der Waals surface area contributed by atoms with Crippen LogP contribution < -0.4 is 10.1 Å². The summed E-state index contributed by atoms with van der Waals surface area (Å²) in [4.78, 5) is 20.9. The fourth-order valence-corrected chi connectivity index (χ4v) is 3.44. The number of carbonyl (C=O) groups excluding carboxylic acids is 1. The van der Waals surface area contributed by atoms with Crippen molar-refractivity contribution in [2.75, 3.05) is 12.4 Å². The van der Waals surface area contributed by atoms with Crippen LogP contribution in [0.1, 0.15) is 12.3 Å². The van der Waals surface area contributed by atoms with Gasteiger partial charge in [-0.25, -0.2) is 9.37 Å². The summed E-state index contributed by atoms with van der Waals surface area (Å²) < 4.78 is 23.4. The number of aromatic nitrogens is 3. The minimum absolute atomic E-state index is 0.176. The molecular weight excluding hydrogens is 407 g/mol. The molecule has 9 heteroatoms. The minimum Gasteiger partial charge on any atom is -0.497 e. The van der Waals surface area contributed by atoms with E-state index >= 15 is 0 Å². The standard InChI is InChI=1S/C21H17FN4O3S/c1-28-16-8-4-14(5-9-16)20-25-19(29-26-20)11-10-18(27)24-21-23-17(12-30-21)13-2-6-15(22)7-3-13/h2-9,12H,10-11H2,1H3,(H,23,24,27). The number of carbonyl (C=O) groups is 1. The van der Waals surface area contributed by atoms with Crippen molar-refractivity contribution in [3.8, 4) is 28.4 Å². The largest absolute Gasteiger partial charge is 0.497 e. The monoisotopic (exact) mass is 424 g/mol. The average molecular weight is 424 g/mol. The molecule has 0 bridgehead atoms. The highest BCUT2D eigenvalue weighted by molar-refractivity contribution is 7.14. The lowest BCUT2D eigenvalue weighted by atomic mass is 10.2. The van der Waals surface area contributed by atoms with Gasteiger partial charge in [0.25, 0.3) is 0 Å². The molecule has 2 aromatic heterocycles. The summed E-state index contributed by atoms with van der Waals surface area (Å²) in [6.07, 6.45) is 0.487. The molecule has 0 saturated carbocycles. The van der Waals surface area contributed by atoms with Crippen LogP contribution in [0.25, 0.3) is 22.6 Å². The van der Waals surface area contributed by atoms with E-state index in [1.165, 1.54) is 23.5 Å². The molecule has 0 aliphatic rings. The van der Waals surface area contributed by atoms with Crippen molar-refractivity contribution in [1.29, 1.82) is 0 Å². The molecular formula is C21H17FN4O3S. The molecule has 4 aromatic rings. The molecule has 0 saturated heterocycles. The minimum atomic E-state index is -0.307. The summed E-state index contributed by atoms with van der Waals surface area (Å²) in [6.45, 7) is 0. The topological polar surface area (TPSA) is 90.1 Å². The summed E-state index contributed by atoms with van der Waals surface area (Å²) in [5, 5.41) is 8.99. The molecule has 0 unspecified atom stereocenters. The van der Waals surface area contributed by atoms with Crippen LogP contribution in [0.2, 0.25) is 0 Å². The van der Waals surface area contributed by atoms with Gasteiger partial charge in [0.1, 0.15) is 11.6 Å². The van der Waals surface area contributed by atoms with E-state index < -0.39 is 0 Å². The SMILES string of the molecule is COc1ccc(-c2noc(CCC(=O)Nc3nc(-c4ccc(F)cc4)cs3)n2)cc1. The number of amides is 1. The third kappa shape index (κ3) is 4.69. The van der Waals surface area contributed by atoms with Crippen LogP contribution in [0.5, 0.6) is 5.75 Å². The Labute approximate surface area is 175 Å². The Bertz CT molecular complexity index is 1140. The van der Waals surface area contributed by atoms with Crippen molar-refractivity contribution in [3.63, 3.8) is 0 Å². The number of nitrogens with one attached hydrogen (secondary N) is 1. The van der Waals surface area contributed by atoms with Crippen molar-refractivity contribution in [3.05, 3.63) is 65.6 Å². The molecule has 0 fully saturated rings. The molecule has 7 nitrogen and oxygen atoms in total. The first kappa shape index (κ1) is 19.7. The third-order valence-corrected chi connectivity index (χ3v) is 5.03. The van der Waals surface area contributed by atoms with Gasteiger partial charge in [0.2, 0.25) is 17.6 Å². The molecule has 30 heavy (non-hydrogen) atoms. The smallest absolute Gasteiger partial charge is 0.227 e. The van der Waals surface area contributed by atoms with Crippen molar-refractivity contribution >= 4 is 22.4 Å². The lowest BCUT2D eigenvalue weighted by molar-refractivity contribution is -0.116. The predicted octanol–water partition coefficient (Wildman–Crippen LogP) is 4.58. The summed E-state index contributed by atoms with van der Waals surface area (Å²) >= 11 is 1.30. The Kier molecular flexibility index (Phi) is 5.80. The molecule has 1 N–H and O–H groups in total. The number of rotatable bonds is 7. The second-order valence-corrected chi connectivity index (χ2v) is 7.19. The van der Waals surface area contributed by atoms with E-state index in [0.29, 0.717) is 29.0 Å². The second-order valence-electron chi connectivity index (χ2n) is 6.33. The molecule has 0 aliphatic heterocycles. The molecule has 0 atom stereocenters. The highest BCUT2D eigenvalue weighted by Gasteiger charge is 2.13. The quantitative estimate of drug-likeness (QED) is 0.467. The van der Waals surface area contributed by atoms with E-state index in [4.69, 9.17) is 9.26 Å². The molecule has 1 amide bonds. The number of methoxy groups -OCH3 is 1. The molecule has 0 radical (unpaired) electrons. The second kappa shape index (κ2) is 8.83. The Hall–Kier alpha value is -3.59. The number of ether oxygens (including phenoxy) is 1. The summed E-state index contributed by atoms with van der Waals surface area (Å²) in [7, 11) is 1.60. The molecule has 4 rings (SSSR count). The van der Waals surface area contributed by atoms with Crippen molar-refractivity contribution in [1.82, 2.24) is 15.1 Å². The third-order valence-electron chi connectivity index (χ3n) is 4.27. The number of hydrogen-bond acceptors (Lipinski definition) is 7. The lowest BCUT2D eigenvalue weighted by Crippen LogP contribution is -2.12. The number of halogens is 1. The number of hydrogen-bond donors (Lipinski definition) is 1. The summed E-state index contributed by atoms with van der Waals surface area (Å²) in [5.41, 5.74) is 2.26. The highest BCUT2D eigenvalue weighted by atomic mass is 32.1. The van der Waals surface area contributed by atoms with E-state index in [2.05, 4.69) is 20.4 Å². The van der Waals surface area contributed by atoms with Crippen molar-refractivity contribution in [2.24, 2.45) is 0 Å². The maximum Gasteiger partial charge on any atom is 0.227 e. The number of benzene rings is 2. The van der Waals surface area contributed by atoms with E-state index in [0.717, 1.165) is 16.9 Å². The van der Waals surface area contributed by atoms with Crippen LogP contribution in [-0.2, 0) is 11.2 Å². The molecule has 2 aromatic carbocycles. The predicted molar refractivity (Wildman–Crippen MR) is 111 cm³/mol.